The second-order valence-electron chi connectivity index (χ2n) is 7.04. The number of carbonyl (C=O) groups is 2. The van der Waals surface area contributed by atoms with Gasteiger partial charge in [0.15, 0.2) is 5.69 Å². The van der Waals surface area contributed by atoms with Gasteiger partial charge in [0.1, 0.15) is 0 Å². The number of benzene rings is 1. The summed E-state index contributed by atoms with van der Waals surface area (Å²) in [5.74, 6) is -0.585. The van der Waals surface area contributed by atoms with Crippen molar-refractivity contribution in [3.63, 3.8) is 0 Å². The number of aromatic nitrogens is 3. The largest absolute Gasteiger partial charge is 0.345 e. The lowest BCUT2D eigenvalue weighted by atomic mass is 10.1. The van der Waals surface area contributed by atoms with E-state index in [9.17, 15) is 9.59 Å². The Morgan fingerprint density at radius 1 is 1.00 bits per heavy atom. The first-order valence-electron chi connectivity index (χ1n) is 9.56. The molecule has 7 heteroatoms. The molecule has 30 heavy (non-hydrogen) atoms. The van der Waals surface area contributed by atoms with Crippen LogP contribution in [0.1, 0.15) is 37.8 Å². The summed E-state index contributed by atoms with van der Waals surface area (Å²) in [7, 11) is 0. The average Bonchev–Trinajstić information content (AvgIpc) is 3.15. The zero-order valence-electron chi connectivity index (χ0n) is 16.7. The molecule has 2 N–H and O–H groups in total. The highest BCUT2D eigenvalue weighted by molar-refractivity contribution is 6.09. The van der Waals surface area contributed by atoms with Crippen molar-refractivity contribution in [3.8, 4) is 0 Å². The van der Waals surface area contributed by atoms with Gasteiger partial charge in [-0.1, -0.05) is 18.2 Å². The van der Waals surface area contributed by atoms with Crippen LogP contribution in [-0.2, 0) is 6.54 Å². The van der Waals surface area contributed by atoms with E-state index in [1.54, 1.807) is 41.2 Å². The van der Waals surface area contributed by atoms with E-state index in [1.807, 2.05) is 44.2 Å². The van der Waals surface area contributed by atoms with Crippen molar-refractivity contribution in [2.75, 3.05) is 5.32 Å². The molecule has 3 heterocycles. The van der Waals surface area contributed by atoms with Gasteiger partial charge in [0.05, 0.1) is 5.52 Å². The maximum atomic E-state index is 12.9. The fraction of sp³-hybridized carbons (Fsp3) is 0.130. The zero-order chi connectivity index (χ0) is 21.1. The van der Waals surface area contributed by atoms with Gasteiger partial charge >= 0.3 is 0 Å². The third kappa shape index (κ3) is 3.91. The summed E-state index contributed by atoms with van der Waals surface area (Å²) in [6.45, 7) is 4.32. The molecule has 150 valence electrons. The molecule has 4 rings (SSSR count). The van der Waals surface area contributed by atoms with E-state index in [-0.39, 0.29) is 23.3 Å². The van der Waals surface area contributed by atoms with Crippen LogP contribution >= 0.6 is 0 Å². The third-order valence-corrected chi connectivity index (χ3v) is 4.91. The van der Waals surface area contributed by atoms with Gasteiger partial charge in [0.2, 0.25) is 5.82 Å². The van der Waals surface area contributed by atoms with E-state index < -0.39 is 0 Å². The first kappa shape index (κ1) is 19.3. The highest BCUT2D eigenvalue weighted by Crippen LogP contribution is 2.18. The lowest BCUT2D eigenvalue weighted by molar-refractivity contribution is 0.0940. The molecule has 0 saturated carbocycles. The van der Waals surface area contributed by atoms with Crippen LogP contribution in [0, 0.1) is 13.8 Å². The Morgan fingerprint density at radius 3 is 2.63 bits per heavy atom. The SMILES string of the molecule is Cc1ccc(NC(=O)c2nc(C(=O)NCc3cccnc3)n3ccccc23)cc1C. The number of carbonyl (C=O) groups excluding carboxylic acids is 2. The summed E-state index contributed by atoms with van der Waals surface area (Å²) < 4.78 is 1.62. The molecule has 7 nitrogen and oxygen atoms in total. The summed E-state index contributed by atoms with van der Waals surface area (Å²) in [5.41, 5.74) is 4.54. The summed E-state index contributed by atoms with van der Waals surface area (Å²) in [6.07, 6.45) is 5.08. The lowest BCUT2D eigenvalue weighted by Gasteiger charge is -2.06. The number of imidazole rings is 1. The molecule has 0 bridgehead atoms. The minimum Gasteiger partial charge on any atom is -0.345 e. The predicted octanol–water partition coefficient (Wildman–Crippen LogP) is 3.53. The number of fused-ring (bicyclic) bond motifs is 1. The maximum absolute atomic E-state index is 12.9. The van der Waals surface area contributed by atoms with Crippen LogP contribution in [0.25, 0.3) is 5.52 Å². The maximum Gasteiger partial charge on any atom is 0.287 e. The molecule has 0 spiro atoms. The van der Waals surface area contributed by atoms with Gasteiger partial charge in [-0.05, 0) is 60.9 Å². The minimum atomic E-state index is -0.370. The van der Waals surface area contributed by atoms with Crippen molar-refractivity contribution in [1.29, 1.82) is 0 Å². The van der Waals surface area contributed by atoms with Gasteiger partial charge in [0.25, 0.3) is 11.8 Å². The smallest absolute Gasteiger partial charge is 0.287 e. The van der Waals surface area contributed by atoms with E-state index in [0.717, 1.165) is 16.7 Å². The molecule has 0 fully saturated rings. The van der Waals surface area contributed by atoms with Crippen molar-refractivity contribution < 1.29 is 9.59 Å². The topological polar surface area (TPSA) is 88.4 Å². The molecular weight excluding hydrogens is 378 g/mol. The fourth-order valence-corrected chi connectivity index (χ4v) is 3.14. The second kappa shape index (κ2) is 8.16. The molecule has 0 aliphatic heterocycles. The fourth-order valence-electron chi connectivity index (χ4n) is 3.14. The Balaban J connectivity index is 1.60. The van der Waals surface area contributed by atoms with E-state index in [2.05, 4.69) is 20.6 Å². The number of anilines is 1. The van der Waals surface area contributed by atoms with Crippen LogP contribution in [0.2, 0.25) is 0 Å². The Hall–Kier alpha value is -4.00. The van der Waals surface area contributed by atoms with Gasteiger partial charge in [-0.3, -0.25) is 19.0 Å². The number of aryl methyl sites for hydroxylation is 2. The number of hydrogen-bond donors (Lipinski definition) is 2. The van der Waals surface area contributed by atoms with Crippen molar-refractivity contribution in [1.82, 2.24) is 19.7 Å². The molecule has 0 saturated heterocycles. The van der Waals surface area contributed by atoms with Crippen LogP contribution in [0.3, 0.4) is 0 Å². The molecule has 3 aromatic heterocycles. The summed E-state index contributed by atoms with van der Waals surface area (Å²) in [6, 6.07) is 14.8. The highest BCUT2D eigenvalue weighted by atomic mass is 16.2. The number of hydrogen-bond acceptors (Lipinski definition) is 4. The number of nitrogens with zero attached hydrogens (tertiary/aromatic N) is 3. The molecule has 0 radical (unpaired) electrons. The van der Waals surface area contributed by atoms with E-state index in [0.29, 0.717) is 17.7 Å². The Labute approximate surface area is 173 Å². The van der Waals surface area contributed by atoms with Gasteiger partial charge in [0, 0.05) is 30.8 Å². The van der Waals surface area contributed by atoms with Crippen LogP contribution in [-0.4, -0.2) is 26.2 Å². The van der Waals surface area contributed by atoms with Crippen molar-refractivity contribution in [2.45, 2.75) is 20.4 Å². The van der Waals surface area contributed by atoms with Crippen molar-refractivity contribution in [2.24, 2.45) is 0 Å². The van der Waals surface area contributed by atoms with Crippen molar-refractivity contribution >= 4 is 23.0 Å². The van der Waals surface area contributed by atoms with Crippen LogP contribution in [0.15, 0.2) is 67.1 Å². The molecule has 1 aromatic carbocycles. The van der Waals surface area contributed by atoms with Gasteiger partial charge < -0.3 is 10.6 Å². The average molecular weight is 399 g/mol. The van der Waals surface area contributed by atoms with Crippen LogP contribution < -0.4 is 10.6 Å². The molecule has 2 amide bonds. The number of pyridine rings is 2. The van der Waals surface area contributed by atoms with Crippen LogP contribution in [0.5, 0.6) is 0 Å². The monoisotopic (exact) mass is 399 g/mol. The Kier molecular flexibility index (Phi) is 5.26. The van der Waals surface area contributed by atoms with Gasteiger partial charge in [-0.25, -0.2) is 4.98 Å². The summed E-state index contributed by atoms with van der Waals surface area (Å²) >= 11 is 0. The number of amides is 2. The number of rotatable bonds is 5. The minimum absolute atomic E-state index is 0.153. The van der Waals surface area contributed by atoms with E-state index >= 15 is 0 Å². The molecule has 4 aromatic rings. The normalized spacial score (nSPS) is 10.7. The third-order valence-electron chi connectivity index (χ3n) is 4.91. The molecule has 0 aliphatic carbocycles. The van der Waals surface area contributed by atoms with E-state index in [1.165, 1.54) is 0 Å². The Bertz CT molecular complexity index is 1230. The lowest BCUT2D eigenvalue weighted by Crippen LogP contribution is -2.25. The first-order valence-corrected chi connectivity index (χ1v) is 9.56. The molecule has 0 aliphatic rings. The molecule has 0 unspecified atom stereocenters. The van der Waals surface area contributed by atoms with Gasteiger partial charge in [-0.15, -0.1) is 0 Å². The Morgan fingerprint density at radius 2 is 1.87 bits per heavy atom. The standard InChI is InChI=1S/C23H21N5O2/c1-15-8-9-18(12-16(15)2)26-22(29)20-19-7-3-4-11-28(19)21(27-20)23(30)25-14-17-6-5-10-24-13-17/h3-13H,14H2,1-2H3,(H,25,30)(H,26,29). The molecule has 0 atom stereocenters. The summed E-state index contributed by atoms with van der Waals surface area (Å²) in [5, 5.41) is 5.70. The van der Waals surface area contributed by atoms with Crippen molar-refractivity contribution in [3.05, 3.63) is 95.3 Å². The quantitative estimate of drug-likeness (QED) is 0.537. The van der Waals surface area contributed by atoms with E-state index in [4.69, 9.17) is 0 Å². The highest BCUT2D eigenvalue weighted by Gasteiger charge is 2.21. The predicted molar refractivity (Wildman–Crippen MR) is 114 cm³/mol. The number of nitrogens with one attached hydrogen (secondary N) is 2. The van der Waals surface area contributed by atoms with Crippen LogP contribution in [0.4, 0.5) is 5.69 Å². The second-order valence-corrected chi connectivity index (χ2v) is 7.04. The summed E-state index contributed by atoms with van der Waals surface area (Å²) in [4.78, 5) is 34.1. The van der Waals surface area contributed by atoms with Gasteiger partial charge in [-0.2, -0.15) is 0 Å². The molecular formula is C23H21N5O2. The zero-order valence-corrected chi connectivity index (χ0v) is 16.7. The first-order chi connectivity index (χ1) is 14.5.